The number of carbonyl (C=O) groups is 2. The van der Waals surface area contributed by atoms with Gasteiger partial charge in [-0.1, -0.05) is 77.3 Å². The summed E-state index contributed by atoms with van der Waals surface area (Å²) in [7, 11) is 0. The predicted octanol–water partition coefficient (Wildman–Crippen LogP) is 8.19. The van der Waals surface area contributed by atoms with Gasteiger partial charge in [-0.2, -0.15) is 0 Å². The van der Waals surface area contributed by atoms with Crippen LogP contribution >= 0.6 is 0 Å². The van der Waals surface area contributed by atoms with E-state index < -0.39 is 11.4 Å². The number of unbranched alkanes of at least 4 members (excludes halogenated alkanes) is 8. The first kappa shape index (κ1) is 28.7. The highest BCUT2D eigenvalue weighted by atomic mass is 16.6. The number of carbonyl (C=O) groups excluding carboxylic acids is 2. The molecule has 1 aliphatic heterocycles. The summed E-state index contributed by atoms with van der Waals surface area (Å²) in [5.41, 5.74) is 0.692. The SMILES string of the molecule is CCCCCCCCOc1ccc(C(=O)Oc2ccc([C@@]3(C)C[C@@H](CCCCCC)OC3=O)cc2)cc1. The first-order chi connectivity index (χ1) is 18.0. The summed E-state index contributed by atoms with van der Waals surface area (Å²) >= 11 is 0. The maximum atomic E-state index is 12.7. The van der Waals surface area contributed by atoms with Gasteiger partial charge in [0, 0.05) is 6.42 Å². The van der Waals surface area contributed by atoms with Gasteiger partial charge >= 0.3 is 11.9 Å². The average molecular weight is 509 g/mol. The summed E-state index contributed by atoms with van der Waals surface area (Å²) in [6.07, 6.45) is 13.6. The van der Waals surface area contributed by atoms with E-state index in [1.807, 2.05) is 31.2 Å². The second-order valence-corrected chi connectivity index (χ2v) is 10.5. The molecule has 1 saturated heterocycles. The van der Waals surface area contributed by atoms with Crippen molar-refractivity contribution in [2.24, 2.45) is 0 Å². The van der Waals surface area contributed by atoms with Crippen molar-refractivity contribution in [2.75, 3.05) is 6.61 Å². The fourth-order valence-corrected chi connectivity index (χ4v) is 4.87. The molecule has 37 heavy (non-hydrogen) atoms. The zero-order chi connectivity index (χ0) is 26.5. The number of ether oxygens (including phenoxy) is 3. The van der Waals surface area contributed by atoms with Gasteiger partial charge in [0.2, 0.25) is 0 Å². The van der Waals surface area contributed by atoms with Crippen molar-refractivity contribution in [2.45, 2.75) is 109 Å². The predicted molar refractivity (Wildman–Crippen MR) is 147 cm³/mol. The Balaban J connectivity index is 1.46. The van der Waals surface area contributed by atoms with Crippen molar-refractivity contribution in [3.05, 3.63) is 59.7 Å². The lowest BCUT2D eigenvalue weighted by Crippen LogP contribution is -2.27. The Morgan fingerprint density at radius 1 is 0.838 bits per heavy atom. The third-order valence-electron chi connectivity index (χ3n) is 7.30. The zero-order valence-electron chi connectivity index (χ0n) is 22.9. The monoisotopic (exact) mass is 508 g/mol. The van der Waals surface area contributed by atoms with Gasteiger partial charge in [-0.05, 0) is 68.1 Å². The minimum Gasteiger partial charge on any atom is -0.494 e. The molecule has 2 atom stereocenters. The minimum absolute atomic E-state index is 0.0235. The third-order valence-corrected chi connectivity index (χ3v) is 7.30. The number of hydrogen-bond acceptors (Lipinski definition) is 5. The number of esters is 2. The van der Waals surface area contributed by atoms with E-state index in [1.54, 1.807) is 24.3 Å². The van der Waals surface area contributed by atoms with Gasteiger partial charge in [0.1, 0.15) is 17.6 Å². The van der Waals surface area contributed by atoms with E-state index in [1.165, 1.54) is 51.4 Å². The molecule has 202 valence electrons. The van der Waals surface area contributed by atoms with Crippen molar-refractivity contribution in [3.63, 3.8) is 0 Å². The number of rotatable bonds is 16. The van der Waals surface area contributed by atoms with E-state index in [4.69, 9.17) is 14.2 Å². The standard InChI is InChI=1S/C32H44O5/c1-4-6-8-10-11-13-23-35-27-19-15-25(16-20-27)30(33)36-28-21-17-26(18-22-28)32(3)24-29(37-31(32)34)14-12-9-7-5-2/h15-22,29H,4-14,23-24H2,1-3H3/t29-,32-/m1/s1. The molecule has 3 rings (SSSR count). The largest absolute Gasteiger partial charge is 0.494 e. The molecule has 0 N–H and O–H groups in total. The lowest BCUT2D eigenvalue weighted by Gasteiger charge is -2.20. The van der Waals surface area contributed by atoms with E-state index in [9.17, 15) is 9.59 Å². The van der Waals surface area contributed by atoms with E-state index in [0.717, 1.165) is 30.6 Å². The van der Waals surface area contributed by atoms with Crippen LogP contribution in [0.15, 0.2) is 48.5 Å². The highest BCUT2D eigenvalue weighted by Crippen LogP contribution is 2.39. The molecule has 0 aliphatic carbocycles. The van der Waals surface area contributed by atoms with Gasteiger partial charge in [0.25, 0.3) is 0 Å². The Morgan fingerprint density at radius 3 is 2.11 bits per heavy atom. The van der Waals surface area contributed by atoms with Crippen LogP contribution in [0.5, 0.6) is 11.5 Å². The molecule has 1 fully saturated rings. The lowest BCUT2D eigenvalue weighted by molar-refractivity contribution is -0.145. The van der Waals surface area contributed by atoms with Crippen molar-refractivity contribution in [3.8, 4) is 11.5 Å². The highest BCUT2D eigenvalue weighted by molar-refractivity contribution is 5.91. The maximum Gasteiger partial charge on any atom is 0.343 e. The van der Waals surface area contributed by atoms with Gasteiger partial charge in [0.05, 0.1) is 17.6 Å². The normalized spacial score (nSPS) is 19.0. The Labute approximate surface area is 222 Å². The second kappa shape index (κ2) is 14.8. The summed E-state index contributed by atoms with van der Waals surface area (Å²) in [5, 5.41) is 0. The van der Waals surface area contributed by atoms with Crippen molar-refractivity contribution in [1.29, 1.82) is 0 Å². The van der Waals surface area contributed by atoms with E-state index in [2.05, 4.69) is 13.8 Å². The Kier molecular flexibility index (Phi) is 11.5. The van der Waals surface area contributed by atoms with Gasteiger partial charge in [-0.15, -0.1) is 0 Å². The fourth-order valence-electron chi connectivity index (χ4n) is 4.87. The van der Waals surface area contributed by atoms with Crippen LogP contribution in [0.2, 0.25) is 0 Å². The summed E-state index contributed by atoms with van der Waals surface area (Å²) in [4.78, 5) is 25.3. The van der Waals surface area contributed by atoms with Crippen LogP contribution in [0.1, 0.15) is 114 Å². The van der Waals surface area contributed by atoms with Crippen LogP contribution in [-0.4, -0.2) is 24.6 Å². The van der Waals surface area contributed by atoms with Crippen LogP contribution in [0.4, 0.5) is 0 Å². The van der Waals surface area contributed by atoms with Gasteiger partial charge in [-0.3, -0.25) is 4.79 Å². The molecule has 0 bridgehead atoms. The van der Waals surface area contributed by atoms with Crippen molar-refractivity contribution in [1.82, 2.24) is 0 Å². The molecule has 0 unspecified atom stereocenters. The Morgan fingerprint density at radius 2 is 1.43 bits per heavy atom. The van der Waals surface area contributed by atoms with Crippen LogP contribution in [0.3, 0.4) is 0 Å². The zero-order valence-corrected chi connectivity index (χ0v) is 22.9. The minimum atomic E-state index is -0.663. The molecule has 2 aromatic carbocycles. The van der Waals surface area contributed by atoms with Crippen LogP contribution in [0.25, 0.3) is 0 Å². The van der Waals surface area contributed by atoms with E-state index in [0.29, 0.717) is 24.3 Å². The summed E-state index contributed by atoms with van der Waals surface area (Å²) in [6.45, 7) is 7.04. The average Bonchev–Trinajstić information content (AvgIpc) is 3.20. The molecule has 0 amide bonds. The quantitative estimate of drug-likeness (QED) is 0.130. The lowest BCUT2D eigenvalue weighted by atomic mass is 9.79. The molecular formula is C32H44O5. The van der Waals surface area contributed by atoms with E-state index >= 15 is 0 Å². The second-order valence-electron chi connectivity index (χ2n) is 10.5. The topological polar surface area (TPSA) is 61.8 Å². The first-order valence-electron chi connectivity index (χ1n) is 14.2. The molecule has 1 heterocycles. The van der Waals surface area contributed by atoms with Gasteiger partial charge in [0.15, 0.2) is 0 Å². The maximum absolute atomic E-state index is 12.7. The number of hydrogen-bond donors (Lipinski definition) is 0. The Hall–Kier alpha value is -2.82. The molecule has 0 aromatic heterocycles. The molecule has 2 aromatic rings. The molecule has 1 aliphatic rings. The molecule has 5 heteroatoms. The fraction of sp³-hybridized carbons (Fsp3) is 0.562. The third kappa shape index (κ3) is 8.62. The smallest absolute Gasteiger partial charge is 0.343 e. The summed E-state index contributed by atoms with van der Waals surface area (Å²) < 4.78 is 17.0. The molecule has 0 radical (unpaired) electrons. The van der Waals surface area contributed by atoms with Crippen LogP contribution < -0.4 is 9.47 Å². The number of cyclic esters (lactones) is 1. The van der Waals surface area contributed by atoms with Crippen molar-refractivity contribution < 1.29 is 23.8 Å². The molecule has 0 saturated carbocycles. The van der Waals surface area contributed by atoms with Crippen molar-refractivity contribution >= 4 is 11.9 Å². The molecule has 0 spiro atoms. The van der Waals surface area contributed by atoms with Gasteiger partial charge in [-0.25, -0.2) is 4.79 Å². The Bertz CT molecular complexity index is 966. The van der Waals surface area contributed by atoms with Gasteiger partial charge < -0.3 is 14.2 Å². The molecule has 5 nitrogen and oxygen atoms in total. The van der Waals surface area contributed by atoms with E-state index in [-0.39, 0.29) is 12.1 Å². The molecular weight excluding hydrogens is 464 g/mol. The summed E-state index contributed by atoms with van der Waals surface area (Å²) in [6, 6.07) is 14.3. The first-order valence-corrected chi connectivity index (χ1v) is 14.2. The number of benzene rings is 2. The van der Waals surface area contributed by atoms with Crippen LogP contribution in [0, 0.1) is 0 Å². The van der Waals surface area contributed by atoms with Crippen LogP contribution in [-0.2, 0) is 14.9 Å². The summed E-state index contributed by atoms with van der Waals surface area (Å²) in [5.74, 6) is 0.614. The highest BCUT2D eigenvalue weighted by Gasteiger charge is 2.46.